The first kappa shape index (κ1) is 17.2. The number of hydrogen-bond donors (Lipinski definition) is 1. The summed E-state index contributed by atoms with van der Waals surface area (Å²) in [6, 6.07) is 7.90. The molecule has 124 valence electrons. The first-order valence-corrected chi connectivity index (χ1v) is 9.68. The number of hydrogen-bond acceptors (Lipinski definition) is 7. The van der Waals surface area contributed by atoms with E-state index >= 15 is 0 Å². The lowest BCUT2D eigenvalue weighted by atomic mass is 10.1. The van der Waals surface area contributed by atoms with Crippen molar-refractivity contribution in [2.45, 2.75) is 5.16 Å². The molecule has 1 aliphatic rings. The fourth-order valence-electron chi connectivity index (χ4n) is 1.83. The Hall–Kier alpha value is -1.65. The predicted molar refractivity (Wildman–Crippen MR) is 100 cm³/mol. The lowest BCUT2D eigenvalue weighted by Crippen LogP contribution is -2.31. The average molecular weight is 425 g/mol. The number of amidine groups is 1. The number of carbonyl (C=O) groups excluding carboxylic acids is 1. The molecule has 3 rings (SSSR count). The highest BCUT2D eigenvalue weighted by atomic mass is 79.9. The van der Waals surface area contributed by atoms with E-state index in [1.54, 1.807) is 10.9 Å². The molecule has 1 amide bonds. The lowest BCUT2D eigenvalue weighted by Gasteiger charge is -2.12. The molecule has 2 aromatic rings. The van der Waals surface area contributed by atoms with Crippen molar-refractivity contribution < 1.29 is 4.79 Å². The molecule has 0 bridgehead atoms. The highest BCUT2D eigenvalue weighted by molar-refractivity contribution is 9.10. The Bertz CT molecular complexity index is 802. The van der Waals surface area contributed by atoms with Crippen LogP contribution in [-0.4, -0.2) is 43.1 Å². The van der Waals surface area contributed by atoms with E-state index in [2.05, 4.69) is 41.6 Å². The third-order valence-corrected chi connectivity index (χ3v) is 5.47. The number of amides is 1. The summed E-state index contributed by atoms with van der Waals surface area (Å²) in [5.74, 6) is 0.767. The van der Waals surface area contributed by atoms with Crippen LogP contribution >= 0.6 is 39.5 Å². The Balaban J connectivity index is 1.55. The molecular formula is C14H13BrN6OS2. The predicted octanol–water partition coefficient (Wildman–Crippen LogP) is 2.29. The largest absolute Gasteiger partial charge is 0.312 e. The maximum atomic E-state index is 12.0. The third-order valence-electron chi connectivity index (χ3n) is 3.03. The number of aryl methyl sites for hydroxylation is 1. The average Bonchev–Trinajstić information content (AvgIpc) is 3.00. The van der Waals surface area contributed by atoms with Crippen molar-refractivity contribution in [2.24, 2.45) is 17.3 Å². The van der Waals surface area contributed by atoms with Gasteiger partial charge in [-0.25, -0.2) is 0 Å². The zero-order chi connectivity index (χ0) is 16.9. The highest BCUT2D eigenvalue weighted by Crippen LogP contribution is 2.18. The Labute approximate surface area is 155 Å². The quantitative estimate of drug-likeness (QED) is 0.760. The van der Waals surface area contributed by atoms with Crippen molar-refractivity contribution in [3.8, 4) is 0 Å². The van der Waals surface area contributed by atoms with E-state index in [0.717, 1.165) is 15.7 Å². The van der Waals surface area contributed by atoms with Crippen LogP contribution in [0.1, 0.15) is 5.56 Å². The van der Waals surface area contributed by atoms with E-state index in [0.29, 0.717) is 16.1 Å². The Kier molecular flexibility index (Phi) is 5.69. The number of thioether (sulfide) groups is 2. The molecular weight excluding hydrogens is 412 g/mol. The number of nitrogens with zero attached hydrogens (tertiary/aromatic N) is 5. The van der Waals surface area contributed by atoms with E-state index < -0.39 is 0 Å². The van der Waals surface area contributed by atoms with Crippen molar-refractivity contribution in [3.63, 3.8) is 0 Å². The van der Waals surface area contributed by atoms with E-state index in [9.17, 15) is 4.79 Å². The van der Waals surface area contributed by atoms with Gasteiger partial charge in [0.1, 0.15) is 6.33 Å². The molecule has 1 N–H and O–H groups in total. The number of nitrogens with one attached hydrogen (secondary N) is 1. The van der Waals surface area contributed by atoms with Gasteiger partial charge >= 0.3 is 0 Å². The van der Waals surface area contributed by atoms with Crippen molar-refractivity contribution in [1.82, 2.24) is 20.1 Å². The smallest absolute Gasteiger partial charge is 0.236 e. The zero-order valence-electron chi connectivity index (χ0n) is 12.6. The molecule has 0 spiro atoms. The van der Waals surface area contributed by atoms with E-state index in [-0.39, 0.29) is 11.7 Å². The Morgan fingerprint density at radius 2 is 2.17 bits per heavy atom. The van der Waals surface area contributed by atoms with E-state index in [1.807, 2.05) is 31.3 Å². The fourth-order valence-corrected chi connectivity index (χ4v) is 3.57. The molecule has 0 atom stereocenters. The van der Waals surface area contributed by atoms with Gasteiger partial charge < -0.3 is 9.88 Å². The standard InChI is InChI=1S/C14H13BrN6OS2/c1-21-8-16-20-14(21)24-7-12(22)17-13-19-18-11(6-23-13)9-2-4-10(15)5-3-9/h2-5,8H,6-7H2,1H3,(H,17,19,22). The fraction of sp³-hybridized carbons (Fsp3) is 0.214. The Morgan fingerprint density at radius 1 is 1.38 bits per heavy atom. The maximum absolute atomic E-state index is 12.0. The van der Waals surface area contributed by atoms with Gasteiger partial charge in [-0.15, -0.1) is 15.3 Å². The molecule has 0 unspecified atom stereocenters. The molecule has 0 radical (unpaired) electrons. The van der Waals surface area contributed by atoms with Gasteiger partial charge in [-0.3, -0.25) is 4.79 Å². The minimum atomic E-state index is -0.142. The first-order valence-electron chi connectivity index (χ1n) is 6.92. The maximum Gasteiger partial charge on any atom is 0.236 e. The van der Waals surface area contributed by atoms with Gasteiger partial charge in [0, 0.05) is 17.3 Å². The van der Waals surface area contributed by atoms with Crippen LogP contribution in [0, 0.1) is 0 Å². The van der Waals surface area contributed by atoms with Gasteiger partial charge in [0.25, 0.3) is 0 Å². The molecule has 7 nitrogen and oxygen atoms in total. The normalized spacial score (nSPS) is 14.1. The molecule has 1 aliphatic heterocycles. The van der Waals surface area contributed by atoms with Gasteiger partial charge in [-0.2, -0.15) is 5.10 Å². The number of rotatable bonds is 4. The van der Waals surface area contributed by atoms with Gasteiger partial charge in [0.15, 0.2) is 10.3 Å². The van der Waals surface area contributed by atoms with Crippen LogP contribution in [0.3, 0.4) is 0 Å². The Morgan fingerprint density at radius 3 is 2.79 bits per heavy atom. The minimum absolute atomic E-state index is 0.142. The highest BCUT2D eigenvalue weighted by Gasteiger charge is 2.15. The second-order valence-electron chi connectivity index (χ2n) is 4.81. The van der Waals surface area contributed by atoms with Gasteiger partial charge in [0.05, 0.1) is 11.5 Å². The van der Waals surface area contributed by atoms with Crippen LogP contribution in [0.25, 0.3) is 0 Å². The monoisotopic (exact) mass is 424 g/mol. The molecule has 10 heteroatoms. The lowest BCUT2D eigenvalue weighted by molar-refractivity contribution is -0.117. The van der Waals surface area contributed by atoms with E-state index in [4.69, 9.17) is 0 Å². The molecule has 0 saturated carbocycles. The number of carbonyl (C=O) groups is 1. The molecule has 0 fully saturated rings. The molecule has 24 heavy (non-hydrogen) atoms. The summed E-state index contributed by atoms with van der Waals surface area (Å²) in [4.78, 5) is 12.0. The van der Waals surface area contributed by atoms with Crippen LogP contribution in [0.15, 0.2) is 50.4 Å². The third kappa shape index (κ3) is 4.46. The van der Waals surface area contributed by atoms with Gasteiger partial charge in [0.2, 0.25) is 5.91 Å². The van der Waals surface area contributed by atoms with Crippen LogP contribution in [0.2, 0.25) is 0 Å². The summed E-state index contributed by atoms with van der Waals surface area (Å²) in [5, 5.41) is 20.0. The molecule has 0 aliphatic carbocycles. The molecule has 1 aromatic heterocycles. The summed E-state index contributed by atoms with van der Waals surface area (Å²) in [7, 11) is 1.83. The van der Waals surface area contributed by atoms with Crippen molar-refractivity contribution in [3.05, 3.63) is 40.6 Å². The van der Waals surface area contributed by atoms with Crippen LogP contribution in [0.4, 0.5) is 0 Å². The number of aromatic nitrogens is 3. The number of halogens is 1. The SMILES string of the molecule is Cn1cnnc1SCC(=O)NC1=NN=C(c2ccc(Br)cc2)CS1. The molecule has 1 aromatic carbocycles. The summed E-state index contributed by atoms with van der Waals surface area (Å²) < 4.78 is 2.78. The van der Waals surface area contributed by atoms with E-state index in [1.165, 1.54) is 23.5 Å². The summed E-state index contributed by atoms with van der Waals surface area (Å²) in [6.45, 7) is 0. The van der Waals surface area contributed by atoms with Crippen LogP contribution < -0.4 is 5.32 Å². The molecule has 2 heterocycles. The summed E-state index contributed by atoms with van der Waals surface area (Å²) in [6.07, 6.45) is 1.60. The number of benzene rings is 1. The van der Waals surface area contributed by atoms with Crippen LogP contribution in [0.5, 0.6) is 0 Å². The van der Waals surface area contributed by atoms with Gasteiger partial charge in [-0.1, -0.05) is 51.6 Å². The minimum Gasteiger partial charge on any atom is -0.312 e. The molecule has 0 saturated heterocycles. The zero-order valence-corrected chi connectivity index (χ0v) is 15.9. The topological polar surface area (TPSA) is 84.5 Å². The van der Waals surface area contributed by atoms with Gasteiger partial charge in [-0.05, 0) is 17.7 Å². The van der Waals surface area contributed by atoms with Crippen molar-refractivity contribution in [1.29, 1.82) is 0 Å². The second kappa shape index (κ2) is 7.95. The second-order valence-corrected chi connectivity index (χ2v) is 7.63. The summed E-state index contributed by atoms with van der Waals surface area (Å²) in [5.41, 5.74) is 1.91. The van der Waals surface area contributed by atoms with Crippen LogP contribution in [-0.2, 0) is 11.8 Å². The first-order chi connectivity index (χ1) is 11.6. The summed E-state index contributed by atoms with van der Waals surface area (Å²) >= 11 is 6.19. The van der Waals surface area contributed by atoms with Crippen molar-refractivity contribution in [2.75, 3.05) is 11.5 Å². The van der Waals surface area contributed by atoms with Crippen molar-refractivity contribution >= 4 is 56.2 Å².